The van der Waals surface area contributed by atoms with Gasteiger partial charge in [-0.25, -0.2) is 8.42 Å². The molecule has 0 spiro atoms. The van der Waals surface area contributed by atoms with Crippen molar-refractivity contribution in [3.05, 3.63) is 23.8 Å². The lowest BCUT2D eigenvalue weighted by Crippen LogP contribution is -2.10. The number of hydrogen-bond donors (Lipinski definition) is 1. The Labute approximate surface area is 106 Å². The SMILES string of the molecule is COc1ccc(NS(C)(=O)=O)cc1C1OCCO1. The van der Waals surface area contributed by atoms with Crippen LogP contribution in [0.25, 0.3) is 0 Å². The minimum atomic E-state index is -3.31. The quantitative estimate of drug-likeness (QED) is 0.889. The third kappa shape index (κ3) is 3.12. The fraction of sp³-hybridized carbons (Fsp3) is 0.455. The summed E-state index contributed by atoms with van der Waals surface area (Å²) >= 11 is 0. The van der Waals surface area contributed by atoms with E-state index in [0.717, 1.165) is 6.26 Å². The Balaban J connectivity index is 2.32. The van der Waals surface area contributed by atoms with Crippen LogP contribution >= 0.6 is 0 Å². The zero-order valence-electron chi connectivity index (χ0n) is 10.2. The molecule has 0 aliphatic carbocycles. The molecule has 0 atom stereocenters. The molecule has 2 rings (SSSR count). The molecule has 0 radical (unpaired) electrons. The average molecular weight is 273 g/mol. The van der Waals surface area contributed by atoms with Gasteiger partial charge in [-0.05, 0) is 18.2 Å². The molecule has 18 heavy (non-hydrogen) atoms. The summed E-state index contributed by atoms with van der Waals surface area (Å²) in [5.74, 6) is 0.598. The molecule has 6 nitrogen and oxygen atoms in total. The van der Waals surface area contributed by atoms with Gasteiger partial charge in [0.05, 0.1) is 32.1 Å². The van der Waals surface area contributed by atoms with Crippen LogP contribution < -0.4 is 9.46 Å². The first-order valence-corrected chi connectivity index (χ1v) is 7.27. The van der Waals surface area contributed by atoms with E-state index < -0.39 is 16.3 Å². The third-order valence-electron chi connectivity index (χ3n) is 2.41. The van der Waals surface area contributed by atoms with E-state index in [4.69, 9.17) is 14.2 Å². The Morgan fingerprint density at radius 2 is 2.00 bits per heavy atom. The number of anilines is 1. The molecule has 0 bridgehead atoms. The van der Waals surface area contributed by atoms with Gasteiger partial charge in [-0.15, -0.1) is 0 Å². The van der Waals surface area contributed by atoms with Gasteiger partial charge >= 0.3 is 0 Å². The van der Waals surface area contributed by atoms with Crippen molar-refractivity contribution in [1.82, 2.24) is 0 Å². The highest BCUT2D eigenvalue weighted by Crippen LogP contribution is 2.33. The molecular weight excluding hydrogens is 258 g/mol. The van der Waals surface area contributed by atoms with Crippen molar-refractivity contribution in [2.24, 2.45) is 0 Å². The number of ether oxygens (including phenoxy) is 3. The molecule has 1 aliphatic heterocycles. The van der Waals surface area contributed by atoms with Gasteiger partial charge in [0.1, 0.15) is 5.75 Å². The van der Waals surface area contributed by atoms with Crippen LogP contribution in [-0.4, -0.2) is 35.0 Å². The van der Waals surface area contributed by atoms with Gasteiger partial charge in [-0.3, -0.25) is 4.72 Å². The molecule has 0 aromatic heterocycles. The third-order valence-corrected chi connectivity index (χ3v) is 3.02. The van der Waals surface area contributed by atoms with Crippen LogP contribution in [0.3, 0.4) is 0 Å². The number of rotatable bonds is 4. The largest absolute Gasteiger partial charge is 0.496 e. The average Bonchev–Trinajstić information content (AvgIpc) is 2.80. The van der Waals surface area contributed by atoms with E-state index >= 15 is 0 Å². The Morgan fingerprint density at radius 1 is 1.33 bits per heavy atom. The van der Waals surface area contributed by atoms with Gasteiger partial charge in [0, 0.05) is 5.69 Å². The van der Waals surface area contributed by atoms with E-state index in [9.17, 15) is 8.42 Å². The molecule has 7 heteroatoms. The lowest BCUT2D eigenvalue weighted by molar-refractivity contribution is -0.0454. The zero-order chi connectivity index (χ0) is 13.2. The minimum Gasteiger partial charge on any atom is -0.496 e. The summed E-state index contributed by atoms with van der Waals surface area (Å²) in [5, 5.41) is 0. The summed E-state index contributed by atoms with van der Waals surface area (Å²) in [7, 11) is -1.77. The Kier molecular flexibility index (Phi) is 3.74. The van der Waals surface area contributed by atoms with Crippen molar-refractivity contribution in [3.8, 4) is 5.75 Å². The molecular formula is C11H15NO5S. The fourth-order valence-electron chi connectivity index (χ4n) is 1.73. The van der Waals surface area contributed by atoms with E-state index in [-0.39, 0.29) is 0 Å². The van der Waals surface area contributed by atoms with Crippen LogP contribution in [0.4, 0.5) is 5.69 Å². The smallest absolute Gasteiger partial charge is 0.229 e. The van der Waals surface area contributed by atoms with Crippen LogP contribution in [0.2, 0.25) is 0 Å². The summed E-state index contributed by atoms with van der Waals surface area (Å²) < 4.78 is 40.7. The van der Waals surface area contributed by atoms with Crippen LogP contribution in [0.1, 0.15) is 11.9 Å². The van der Waals surface area contributed by atoms with E-state index in [2.05, 4.69) is 4.72 Å². The van der Waals surface area contributed by atoms with E-state index in [1.165, 1.54) is 7.11 Å². The molecule has 0 amide bonds. The molecule has 0 saturated carbocycles. The maximum Gasteiger partial charge on any atom is 0.229 e. The monoisotopic (exact) mass is 273 g/mol. The first-order chi connectivity index (χ1) is 8.49. The standard InChI is InChI=1S/C11H15NO5S/c1-15-10-4-3-8(12-18(2,13)14)7-9(10)11-16-5-6-17-11/h3-4,7,11-12H,5-6H2,1-2H3. The first-order valence-electron chi connectivity index (χ1n) is 5.38. The highest BCUT2D eigenvalue weighted by Gasteiger charge is 2.22. The van der Waals surface area contributed by atoms with Crippen molar-refractivity contribution in [2.75, 3.05) is 31.3 Å². The Bertz CT molecular complexity index is 522. The number of hydrogen-bond acceptors (Lipinski definition) is 5. The summed E-state index contributed by atoms with van der Waals surface area (Å²) in [6.07, 6.45) is 0.584. The van der Waals surface area contributed by atoms with Gasteiger partial charge in [0.2, 0.25) is 10.0 Å². The minimum absolute atomic E-state index is 0.451. The fourth-order valence-corrected chi connectivity index (χ4v) is 2.29. The zero-order valence-corrected chi connectivity index (χ0v) is 11.0. The molecule has 1 aromatic rings. The summed E-state index contributed by atoms with van der Waals surface area (Å²) in [4.78, 5) is 0. The topological polar surface area (TPSA) is 73.9 Å². The summed E-state index contributed by atoms with van der Waals surface area (Å²) in [6, 6.07) is 4.95. The van der Waals surface area contributed by atoms with Gasteiger partial charge in [0.25, 0.3) is 0 Å². The molecule has 1 aliphatic rings. The highest BCUT2D eigenvalue weighted by molar-refractivity contribution is 7.92. The molecule has 1 heterocycles. The second kappa shape index (κ2) is 5.13. The van der Waals surface area contributed by atoms with Crippen molar-refractivity contribution >= 4 is 15.7 Å². The van der Waals surface area contributed by atoms with Crippen LogP contribution in [0.5, 0.6) is 5.75 Å². The number of sulfonamides is 1. The normalized spacial score (nSPS) is 16.8. The van der Waals surface area contributed by atoms with E-state index in [1.807, 2.05) is 0 Å². The van der Waals surface area contributed by atoms with Crippen molar-refractivity contribution in [2.45, 2.75) is 6.29 Å². The second-order valence-electron chi connectivity index (χ2n) is 3.90. The van der Waals surface area contributed by atoms with Gasteiger partial charge < -0.3 is 14.2 Å². The molecule has 1 saturated heterocycles. The highest BCUT2D eigenvalue weighted by atomic mass is 32.2. The van der Waals surface area contributed by atoms with Crippen molar-refractivity contribution < 1.29 is 22.6 Å². The summed E-state index contributed by atoms with van der Waals surface area (Å²) in [6.45, 7) is 1.02. The van der Waals surface area contributed by atoms with Gasteiger partial charge in [0.15, 0.2) is 6.29 Å². The van der Waals surface area contributed by atoms with Gasteiger partial charge in [-0.1, -0.05) is 0 Å². The van der Waals surface area contributed by atoms with E-state index in [0.29, 0.717) is 30.2 Å². The predicted octanol–water partition coefficient (Wildman–Crippen LogP) is 1.11. The lowest BCUT2D eigenvalue weighted by Gasteiger charge is -2.15. The predicted molar refractivity (Wildman–Crippen MR) is 66.1 cm³/mol. The Morgan fingerprint density at radius 3 is 2.56 bits per heavy atom. The molecule has 0 unspecified atom stereocenters. The van der Waals surface area contributed by atoms with Crippen LogP contribution in [-0.2, 0) is 19.5 Å². The lowest BCUT2D eigenvalue weighted by atomic mass is 10.1. The van der Waals surface area contributed by atoms with Crippen LogP contribution in [0, 0.1) is 0 Å². The number of benzene rings is 1. The van der Waals surface area contributed by atoms with Crippen LogP contribution in [0.15, 0.2) is 18.2 Å². The molecule has 1 aromatic carbocycles. The van der Waals surface area contributed by atoms with Crippen molar-refractivity contribution in [1.29, 1.82) is 0 Å². The first kappa shape index (κ1) is 13.1. The maximum atomic E-state index is 11.2. The van der Waals surface area contributed by atoms with Gasteiger partial charge in [-0.2, -0.15) is 0 Å². The molecule has 100 valence electrons. The Hall–Kier alpha value is -1.31. The molecule has 1 fully saturated rings. The van der Waals surface area contributed by atoms with E-state index in [1.54, 1.807) is 18.2 Å². The number of nitrogens with one attached hydrogen (secondary N) is 1. The summed E-state index contributed by atoms with van der Waals surface area (Å²) in [5.41, 5.74) is 1.12. The van der Waals surface area contributed by atoms with Crippen molar-refractivity contribution in [3.63, 3.8) is 0 Å². The second-order valence-corrected chi connectivity index (χ2v) is 5.65. The maximum absolute atomic E-state index is 11.2. The number of methoxy groups -OCH3 is 1. The molecule has 1 N–H and O–H groups in total.